The summed E-state index contributed by atoms with van der Waals surface area (Å²) < 4.78 is 0. The van der Waals surface area contributed by atoms with Gasteiger partial charge < -0.3 is 4.90 Å². The van der Waals surface area contributed by atoms with Crippen LogP contribution < -0.4 is 4.90 Å². The number of fused-ring (bicyclic) bond motifs is 6. The minimum absolute atomic E-state index is 0.829. The molecule has 0 aliphatic carbocycles. The minimum atomic E-state index is 0.829. The Kier molecular flexibility index (Phi) is 7.55. The first-order valence-electron chi connectivity index (χ1n) is 17.4. The molecule has 0 radical (unpaired) electrons. The first-order valence-corrected chi connectivity index (χ1v) is 17.4. The van der Waals surface area contributed by atoms with Crippen molar-refractivity contribution in [2.45, 2.75) is 13.3 Å². The molecule has 0 aromatic heterocycles. The van der Waals surface area contributed by atoms with E-state index in [1.165, 1.54) is 71.3 Å². The van der Waals surface area contributed by atoms with E-state index in [-0.39, 0.29) is 0 Å². The zero-order chi connectivity index (χ0) is 33.4. The number of dihydropyridines is 1. The number of rotatable bonds is 6. The first-order chi connectivity index (χ1) is 24.7. The van der Waals surface area contributed by atoms with E-state index < -0.39 is 0 Å². The fraction of sp³-hybridized carbons (Fsp3) is 0.0625. The van der Waals surface area contributed by atoms with E-state index in [2.05, 4.69) is 187 Å². The Balaban J connectivity index is 1.45. The lowest BCUT2D eigenvalue weighted by Gasteiger charge is -2.28. The fourth-order valence-corrected chi connectivity index (χ4v) is 7.66. The summed E-state index contributed by atoms with van der Waals surface area (Å²) in [7, 11) is 0. The van der Waals surface area contributed by atoms with Crippen LogP contribution in [0.15, 0.2) is 181 Å². The summed E-state index contributed by atoms with van der Waals surface area (Å²) in [5.41, 5.74) is 12.0. The molecule has 0 saturated heterocycles. The maximum absolute atomic E-state index is 4.69. The summed E-state index contributed by atoms with van der Waals surface area (Å²) in [6.45, 7) is 2.97. The number of anilines is 2. The number of hydrogen-bond acceptors (Lipinski definition) is 2. The lowest BCUT2D eigenvalue weighted by atomic mass is 9.81. The van der Waals surface area contributed by atoms with Gasteiger partial charge in [-0.1, -0.05) is 145 Å². The molecule has 0 bridgehead atoms. The molecule has 0 atom stereocenters. The largest absolute Gasteiger partial charge is 0.309 e. The second-order valence-electron chi connectivity index (χ2n) is 13.1. The molecule has 1 heterocycles. The van der Waals surface area contributed by atoms with Gasteiger partial charge in [-0.3, -0.25) is 4.99 Å². The standard InChI is InChI=1S/C48H36N2/c1-33-23-25-37(26-24-33)50(39-20-13-29-49-32-39)38-27-28-42-45(30-38)40-21-11-12-22-41(40)47-44(35-16-7-3-8-17-35)31-43(34-14-5-2-6-15-34)46(48(42)47)36-18-9-4-10-19-36/h2-12,14-28,30-32H,13,29H2,1H3. The van der Waals surface area contributed by atoms with Crippen LogP contribution in [0.4, 0.5) is 11.4 Å². The average Bonchev–Trinajstić information content (AvgIpc) is 3.19. The van der Waals surface area contributed by atoms with Crippen molar-refractivity contribution in [1.82, 2.24) is 0 Å². The summed E-state index contributed by atoms with van der Waals surface area (Å²) in [6.07, 6.45) is 5.26. The quantitative estimate of drug-likeness (QED) is 0.165. The molecule has 0 unspecified atom stereocenters. The molecule has 0 fully saturated rings. The van der Waals surface area contributed by atoms with Gasteiger partial charge in [0.2, 0.25) is 0 Å². The monoisotopic (exact) mass is 640 g/mol. The van der Waals surface area contributed by atoms with Gasteiger partial charge in [-0.25, -0.2) is 0 Å². The van der Waals surface area contributed by atoms with Crippen molar-refractivity contribution in [2.75, 3.05) is 11.4 Å². The second-order valence-corrected chi connectivity index (χ2v) is 13.1. The molecule has 0 N–H and O–H groups in total. The second kappa shape index (κ2) is 12.7. The molecule has 8 aromatic rings. The van der Waals surface area contributed by atoms with Crippen LogP contribution in [-0.2, 0) is 0 Å². The molecule has 2 nitrogen and oxygen atoms in total. The van der Waals surface area contributed by atoms with E-state index in [1.54, 1.807) is 0 Å². The van der Waals surface area contributed by atoms with Gasteiger partial charge in [0.25, 0.3) is 0 Å². The maximum Gasteiger partial charge on any atom is 0.0600 e. The predicted molar refractivity (Wildman–Crippen MR) is 215 cm³/mol. The SMILES string of the molecule is Cc1ccc(N(C2=CCCN=C2)c2ccc3c(c2)c2ccccc2c2c(-c4ccccc4)cc(-c4ccccc4)c(-c4ccccc4)c32)cc1. The van der Waals surface area contributed by atoms with Gasteiger partial charge in [0.15, 0.2) is 0 Å². The number of hydrogen-bond donors (Lipinski definition) is 0. The third-order valence-electron chi connectivity index (χ3n) is 9.96. The van der Waals surface area contributed by atoms with Gasteiger partial charge in [0.05, 0.1) is 5.70 Å². The average molecular weight is 641 g/mol. The Morgan fingerprint density at radius 2 is 1.06 bits per heavy atom. The van der Waals surface area contributed by atoms with Crippen LogP contribution in [0.25, 0.3) is 65.7 Å². The summed E-state index contributed by atoms with van der Waals surface area (Å²) in [5.74, 6) is 0. The van der Waals surface area contributed by atoms with Crippen LogP contribution >= 0.6 is 0 Å². The van der Waals surface area contributed by atoms with Crippen molar-refractivity contribution < 1.29 is 0 Å². The highest BCUT2D eigenvalue weighted by molar-refractivity contribution is 6.33. The van der Waals surface area contributed by atoms with E-state index in [0.29, 0.717) is 0 Å². The number of aliphatic imine (C=N–C) groups is 1. The van der Waals surface area contributed by atoms with Gasteiger partial charge in [-0.2, -0.15) is 0 Å². The topological polar surface area (TPSA) is 15.6 Å². The van der Waals surface area contributed by atoms with Gasteiger partial charge in [-0.15, -0.1) is 0 Å². The lowest BCUT2D eigenvalue weighted by Crippen LogP contribution is -2.19. The molecule has 50 heavy (non-hydrogen) atoms. The van der Waals surface area contributed by atoms with Crippen LogP contribution in [0.1, 0.15) is 12.0 Å². The maximum atomic E-state index is 4.69. The van der Waals surface area contributed by atoms with Crippen molar-refractivity contribution in [2.24, 2.45) is 4.99 Å². The number of allylic oxidation sites excluding steroid dienone is 1. The number of nitrogens with zero attached hydrogens (tertiary/aromatic N) is 2. The van der Waals surface area contributed by atoms with E-state index in [1.807, 2.05) is 6.21 Å². The van der Waals surface area contributed by atoms with Gasteiger partial charge in [-0.05, 0) is 109 Å². The van der Waals surface area contributed by atoms with E-state index in [0.717, 1.165) is 30.0 Å². The first kappa shape index (κ1) is 29.9. The molecule has 0 saturated carbocycles. The Morgan fingerprint density at radius 3 is 1.72 bits per heavy atom. The summed E-state index contributed by atoms with van der Waals surface area (Å²) in [5, 5.41) is 7.53. The lowest BCUT2D eigenvalue weighted by molar-refractivity contribution is 0.977. The zero-order valence-corrected chi connectivity index (χ0v) is 28.1. The zero-order valence-electron chi connectivity index (χ0n) is 28.1. The van der Waals surface area contributed by atoms with Gasteiger partial charge in [0, 0.05) is 24.1 Å². The smallest absolute Gasteiger partial charge is 0.0600 e. The molecule has 2 heteroatoms. The highest BCUT2D eigenvalue weighted by Gasteiger charge is 2.23. The molecule has 238 valence electrons. The molecule has 1 aliphatic heterocycles. The van der Waals surface area contributed by atoms with Crippen LogP contribution in [0.2, 0.25) is 0 Å². The molecular weight excluding hydrogens is 605 g/mol. The predicted octanol–water partition coefficient (Wildman–Crippen LogP) is 13.0. The molecule has 0 spiro atoms. The van der Waals surface area contributed by atoms with Crippen molar-refractivity contribution in [3.05, 3.63) is 181 Å². The molecule has 8 aromatic carbocycles. The van der Waals surface area contributed by atoms with Crippen molar-refractivity contribution >= 4 is 49.9 Å². The van der Waals surface area contributed by atoms with Crippen LogP contribution in [-0.4, -0.2) is 12.8 Å². The van der Waals surface area contributed by atoms with Crippen LogP contribution in [0.5, 0.6) is 0 Å². The molecule has 9 rings (SSSR count). The third kappa shape index (κ3) is 5.17. The molecular formula is C48H36N2. The normalized spacial score (nSPS) is 12.8. The van der Waals surface area contributed by atoms with E-state index >= 15 is 0 Å². The van der Waals surface area contributed by atoms with Crippen LogP contribution in [0.3, 0.4) is 0 Å². The van der Waals surface area contributed by atoms with Crippen molar-refractivity contribution in [3.63, 3.8) is 0 Å². The minimum Gasteiger partial charge on any atom is -0.309 e. The summed E-state index contributed by atoms with van der Waals surface area (Å²) in [6, 6.07) is 59.9. The Bertz CT molecular complexity index is 2570. The molecule has 1 aliphatic rings. The summed E-state index contributed by atoms with van der Waals surface area (Å²) in [4.78, 5) is 7.04. The Labute approximate surface area is 293 Å². The molecule has 0 amide bonds. The Morgan fingerprint density at radius 1 is 0.480 bits per heavy atom. The van der Waals surface area contributed by atoms with E-state index in [4.69, 9.17) is 0 Å². The highest BCUT2D eigenvalue weighted by atomic mass is 15.2. The van der Waals surface area contributed by atoms with Crippen LogP contribution in [0, 0.1) is 6.92 Å². The summed E-state index contributed by atoms with van der Waals surface area (Å²) >= 11 is 0. The van der Waals surface area contributed by atoms with Crippen molar-refractivity contribution in [3.8, 4) is 33.4 Å². The number of benzene rings is 8. The fourth-order valence-electron chi connectivity index (χ4n) is 7.66. The van der Waals surface area contributed by atoms with Gasteiger partial charge in [0.1, 0.15) is 0 Å². The van der Waals surface area contributed by atoms with E-state index in [9.17, 15) is 0 Å². The number of aryl methyl sites for hydroxylation is 1. The third-order valence-corrected chi connectivity index (χ3v) is 9.96. The Hall–Kier alpha value is -6.25. The van der Waals surface area contributed by atoms with Crippen molar-refractivity contribution in [1.29, 1.82) is 0 Å². The van der Waals surface area contributed by atoms with Gasteiger partial charge >= 0.3 is 0 Å². The highest BCUT2D eigenvalue weighted by Crippen LogP contribution is 2.49.